The smallest absolute Gasteiger partial charge is 0.144 e. The molecule has 0 saturated heterocycles. The van der Waals surface area contributed by atoms with E-state index in [2.05, 4.69) is 30.9 Å². The summed E-state index contributed by atoms with van der Waals surface area (Å²) >= 11 is 0. The first kappa shape index (κ1) is 22.8. The number of rotatable bonds is 8. The number of fused-ring (bicyclic) bond motifs is 1. The third-order valence-electron chi connectivity index (χ3n) is 5.52. The van der Waals surface area contributed by atoms with Crippen LogP contribution in [-0.2, 0) is 6.54 Å². The van der Waals surface area contributed by atoms with Crippen molar-refractivity contribution in [3.05, 3.63) is 96.2 Å². The molecule has 0 saturated carbocycles. The molecule has 0 fully saturated rings. The fourth-order valence-electron chi connectivity index (χ4n) is 3.71. The van der Waals surface area contributed by atoms with Gasteiger partial charge in [0.25, 0.3) is 0 Å². The molecule has 0 aliphatic rings. The summed E-state index contributed by atoms with van der Waals surface area (Å²) in [4.78, 5) is 8.42. The Kier molecular flexibility index (Phi) is 6.39. The van der Waals surface area contributed by atoms with Crippen LogP contribution in [0.5, 0.6) is 5.75 Å². The standard InChI is InChI=1S/C26H23FN8O/c1-36-22-8-5-20(6-9-22)34-31-14-23-25(28)29-16-30-26(23)33-21-7-10-24-18(12-21)13-32-35(24)15-17-3-2-4-19(27)11-17/h2-14,16,34H,15H2,1H3,(H3,28,29,30,33). The van der Waals surface area contributed by atoms with Gasteiger partial charge in [0, 0.05) is 11.1 Å². The van der Waals surface area contributed by atoms with Crippen molar-refractivity contribution in [2.75, 3.05) is 23.6 Å². The number of ether oxygens (including phenoxy) is 1. The molecule has 0 aliphatic carbocycles. The van der Waals surface area contributed by atoms with Gasteiger partial charge in [0.1, 0.15) is 29.5 Å². The molecular weight excluding hydrogens is 459 g/mol. The van der Waals surface area contributed by atoms with Crippen molar-refractivity contribution >= 4 is 40.1 Å². The molecule has 0 radical (unpaired) electrons. The first-order valence-corrected chi connectivity index (χ1v) is 11.1. The predicted molar refractivity (Wildman–Crippen MR) is 139 cm³/mol. The topological polar surface area (TPSA) is 115 Å². The Bertz CT molecular complexity index is 1530. The number of nitrogens with one attached hydrogen (secondary N) is 2. The average molecular weight is 483 g/mol. The molecule has 0 atom stereocenters. The maximum absolute atomic E-state index is 13.5. The van der Waals surface area contributed by atoms with E-state index in [9.17, 15) is 4.39 Å². The Morgan fingerprint density at radius 2 is 1.89 bits per heavy atom. The van der Waals surface area contributed by atoms with E-state index in [1.807, 2.05) is 53.2 Å². The highest BCUT2D eigenvalue weighted by molar-refractivity contribution is 5.93. The maximum atomic E-state index is 13.5. The van der Waals surface area contributed by atoms with Crippen LogP contribution in [0.1, 0.15) is 11.1 Å². The fourth-order valence-corrected chi connectivity index (χ4v) is 3.71. The maximum Gasteiger partial charge on any atom is 0.144 e. The Hall–Kier alpha value is -4.99. The third kappa shape index (κ3) is 5.07. The lowest BCUT2D eigenvalue weighted by atomic mass is 10.2. The quantitative estimate of drug-likeness (QED) is 0.215. The van der Waals surface area contributed by atoms with Crippen LogP contribution in [0.3, 0.4) is 0 Å². The molecule has 36 heavy (non-hydrogen) atoms. The van der Waals surface area contributed by atoms with Gasteiger partial charge in [-0.15, -0.1) is 0 Å². The zero-order valence-electron chi connectivity index (χ0n) is 19.4. The summed E-state index contributed by atoms with van der Waals surface area (Å²) < 4.78 is 20.5. The number of hydrogen-bond acceptors (Lipinski definition) is 8. The monoisotopic (exact) mass is 482 g/mol. The van der Waals surface area contributed by atoms with Gasteiger partial charge < -0.3 is 15.8 Å². The first-order valence-electron chi connectivity index (χ1n) is 11.1. The van der Waals surface area contributed by atoms with Crippen LogP contribution in [0, 0.1) is 5.82 Å². The van der Waals surface area contributed by atoms with E-state index in [0.717, 1.165) is 33.6 Å². The van der Waals surface area contributed by atoms with Crippen LogP contribution in [0.4, 0.5) is 27.4 Å². The van der Waals surface area contributed by atoms with E-state index >= 15 is 0 Å². The van der Waals surface area contributed by atoms with Crippen molar-refractivity contribution in [2.45, 2.75) is 6.54 Å². The van der Waals surface area contributed by atoms with Gasteiger partial charge in [-0.05, 0) is 60.2 Å². The van der Waals surface area contributed by atoms with Gasteiger partial charge in [-0.2, -0.15) is 10.2 Å². The molecule has 0 aliphatic heterocycles. The van der Waals surface area contributed by atoms with Crippen molar-refractivity contribution in [3.8, 4) is 5.75 Å². The molecule has 4 N–H and O–H groups in total. The van der Waals surface area contributed by atoms with Crippen molar-refractivity contribution in [3.63, 3.8) is 0 Å². The number of nitrogens with two attached hydrogens (primary N) is 1. The minimum atomic E-state index is -0.266. The van der Waals surface area contributed by atoms with E-state index < -0.39 is 0 Å². The minimum absolute atomic E-state index is 0.266. The molecule has 10 heteroatoms. The molecular formula is C26H23FN8O. The molecule has 5 rings (SSSR count). The number of nitrogen functional groups attached to an aromatic ring is 1. The van der Waals surface area contributed by atoms with Gasteiger partial charge >= 0.3 is 0 Å². The molecule has 5 aromatic rings. The largest absolute Gasteiger partial charge is 0.497 e. The number of nitrogens with zero attached hydrogens (tertiary/aromatic N) is 5. The van der Waals surface area contributed by atoms with Gasteiger partial charge in [0.2, 0.25) is 0 Å². The van der Waals surface area contributed by atoms with Crippen LogP contribution in [0.15, 0.2) is 84.4 Å². The molecule has 0 unspecified atom stereocenters. The number of halogens is 1. The van der Waals surface area contributed by atoms with Crippen molar-refractivity contribution in [2.24, 2.45) is 5.10 Å². The number of methoxy groups -OCH3 is 1. The highest BCUT2D eigenvalue weighted by Crippen LogP contribution is 2.25. The van der Waals surface area contributed by atoms with E-state index in [-0.39, 0.29) is 11.6 Å². The normalized spacial score (nSPS) is 11.2. The van der Waals surface area contributed by atoms with E-state index in [1.165, 1.54) is 18.5 Å². The third-order valence-corrected chi connectivity index (χ3v) is 5.52. The zero-order valence-corrected chi connectivity index (χ0v) is 19.4. The Labute approximate surface area is 206 Å². The lowest BCUT2D eigenvalue weighted by Gasteiger charge is -2.10. The SMILES string of the molecule is COc1ccc(NN=Cc2c(N)ncnc2Nc2ccc3c(cnn3Cc3cccc(F)c3)c2)cc1. The lowest BCUT2D eigenvalue weighted by molar-refractivity contribution is 0.415. The summed E-state index contributed by atoms with van der Waals surface area (Å²) in [7, 11) is 1.62. The number of hydrogen-bond donors (Lipinski definition) is 3. The van der Waals surface area contributed by atoms with Crippen molar-refractivity contribution < 1.29 is 9.13 Å². The van der Waals surface area contributed by atoms with Crippen molar-refractivity contribution in [1.29, 1.82) is 0 Å². The molecule has 3 aromatic carbocycles. The van der Waals surface area contributed by atoms with Crippen LogP contribution in [0.25, 0.3) is 10.9 Å². The Morgan fingerprint density at radius 1 is 1.06 bits per heavy atom. The lowest BCUT2D eigenvalue weighted by Crippen LogP contribution is -2.05. The second kappa shape index (κ2) is 10.1. The summed E-state index contributed by atoms with van der Waals surface area (Å²) in [6.07, 6.45) is 4.73. The molecule has 0 bridgehead atoms. The van der Waals surface area contributed by atoms with Gasteiger partial charge in [-0.3, -0.25) is 10.1 Å². The predicted octanol–water partition coefficient (Wildman–Crippen LogP) is 4.79. The van der Waals surface area contributed by atoms with E-state index in [4.69, 9.17) is 10.5 Å². The van der Waals surface area contributed by atoms with Gasteiger partial charge in [-0.25, -0.2) is 14.4 Å². The Balaban J connectivity index is 1.34. The van der Waals surface area contributed by atoms with Crippen molar-refractivity contribution in [1.82, 2.24) is 19.7 Å². The number of anilines is 4. The number of benzene rings is 3. The molecule has 0 spiro atoms. The van der Waals surface area contributed by atoms with Gasteiger partial charge in [0.05, 0.1) is 42.8 Å². The average Bonchev–Trinajstić information content (AvgIpc) is 3.28. The zero-order chi connectivity index (χ0) is 24.9. The molecule has 9 nitrogen and oxygen atoms in total. The summed E-state index contributed by atoms with van der Waals surface area (Å²) in [6, 6.07) is 19.7. The first-order chi connectivity index (χ1) is 17.6. The molecule has 2 aromatic heterocycles. The van der Waals surface area contributed by atoms with E-state index in [1.54, 1.807) is 25.6 Å². The summed E-state index contributed by atoms with van der Waals surface area (Å²) in [5.74, 6) is 1.29. The second-order valence-corrected chi connectivity index (χ2v) is 7.95. The summed E-state index contributed by atoms with van der Waals surface area (Å²) in [5, 5.41) is 12.9. The molecule has 180 valence electrons. The summed E-state index contributed by atoms with van der Waals surface area (Å²) in [5.41, 5.74) is 13.0. The minimum Gasteiger partial charge on any atom is -0.497 e. The molecule has 0 amide bonds. The van der Waals surface area contributed by atoms with Crippen LogP contribution >= 0.6 is 0 Å². The fraction of sp³-hybridized carbons (Fsp3) is 0.0769. The van der Waals surface area contributed by atoms with Crippen LogP contribution < -0.4 is 21.2 Å². The van der Waals surface area contributed by atoms with E-state index in [0.29, 0.717) is 17.9 Å². The Morgan fingerprint density at radius 3 is 2.69 bits per heavy atom. The van der Waals surface area contributed by atoms with Gasteiger partial charge in [0.15, 0.2) is 0 Å². The highest BCUT2D eigenvalue weighted by Gasteiger charge is 2.10. The van der Waals surface area contributed by atoms with Crippen LogP contribution in [-0.4, -0.2) is 33.1 Å². The van der Waals surface area contributed by atoms with Gasteiger partial charge in [-0.1, -0.05) is 12.1 Å². The molecule has 2 heterocycles. The number of hydrazone groups is 1. The highest BCUT2D eigenvalue weighted by atomic mass is 19.1. The number of aromatic nitrogens is 4. The second-order valence-electron chi connectivity index (χ2n) is 7.95. The van der Waals surface area contributed by atoms with Crippen LogP contribution in [0.2, 0.25) is 0 Å². The summed E-state index contributed by atoms with van der Waals surface area (Å²) in [6.45, 7) is 0.471.